The second-order valence-electron chi connectivity index (χ2n) is 4.61. The molecule has 1 saturated heterocycles. The van der Waals surface area contributed by atoms with Crippen LogP contribution in [-0.2, 0) is 4.74 Å². The molecule has 0 unspecified atom stereocenters. The van der Waals surface area contributed by atoms with E-state index in [0.717, 1.165) is 39.3 Å². The van der Waals surface area contributed by atoms with Crippen molar-refractivity contribution in [2.24, 2.45) is 0 Å². The number of ether oxygens (including phenoxy) is 1. The Kier molecular flexibility index (Phi) is 5.02. The summed E-state index contributed by atoms with van der Waals surface area (Å²) in [6.07, 6.45) is 2.12. The highest BCUT2D eigenvalue weighted by Gasteiger charge is 2.20. The molecular formula is C11H19N6O3+. The molecule has 2 rings (SSSR count). The van der Waals surface area contributed by atoms with E-state index in [4.69, 9.17) is 10.5 Å². The van der Waals surface area contributed by atoms with Gasteiger partial charge in [0.1, 0.15) is 19.4 Å². The molecule has 1 aliphatic rings. The molecule has 0 spiro atoms. The van der Waals surface area contributed by atoms with Crippen molar-refractivity contribution in [3.05, 3.63) is 16.4 Å². The Hall–Kier alpha value is -2.00. The van der Waals surface area contributed by atoms with Crippen LogP contribution in [-0.4, -0.2) is 54.3 Å². The van der Waals surface area contributed by atoms with Gasteiger partial charge < -0.3 is 20.7 Å². The van der Waals surface area contributed by atoms with Gasteiger partial charge >= 0.3 is 5.69 Å². The largest absolute Gasteiger partial charge is 0.378 e. The SMILES string of the molecule is Nc1ncnc(NCCC[NH+]2CCOCC2)c1[N+](=O)[O-]. The summed E-state index contributed by atoms with van der Waals surface area (Å²) in [5, 5.41) is 13.9. The van der Waals surface area contributed by atoms with Crippen LogP contribution < -0.4 is 16.0 Å². The highest BCUT2D eigenvalue weighted by molar-refractivity contribution is 5.67. The van der Waals surface area contributed by atoms with Crippen molar-refractivity contribution in [1.82, 2.24) is 9.97 Å². The first kappa shape index (κ1) is 14.4. The number of hydrogen-bond donors (Lipinski definition) is 3. The summed E-state index contributed by atoms with van der Waals surface area (Å²) >= 11 is 0. The molecule has 2 heterocycles. The summed E-state index contributed by atoms with van der Waals surface area (Å²) < 4.78 is 5.29. The van der Waals surface area contributed by atoms with E-state index in [0.29, 0.717) is 6.54 Å². The molecule has 0 aliphatic carbocycles. The summed E-state index contributed by atoms with van der Waals surface area (Å²) in [6.45, 7) is 5.25. The number of aromatic nitrogens is 2. The molecule has 9 nitrogen and oxygen atoms in total. The summed E-state index contributed by atoms with van der Waals surface area (Å²) in [7, 11) is 0. The van der Waals surface area contributed by atoms with Crippen LogP contribution in [0.1, 0.15) is 6.42 Å². The van der Waals surface area contributed by atoms with Gasteiger partial charge in [0.05, 0.1) is 24.7 Å². The molecule has 1 fully saturated rings. The zero-order valence-electron chi connectivity index (χ0n) is 11.2. The smallest absolute Gasteiger partial charge is 0.352 e. The number of anilines is 2. The van der Waals surface area contributed by atoms with Crippen molar-refractivity contribution in [2.75, 3.05) is 50.4 Å². The number of nitrogen functional groups attached to an aromatic ring is 1. The van der Waals surface area contributed by atoms with E-state index >= 15 is 0 Å². The van der Waals surface area contributed by atoms with E-state index in [9.17, 15) is 10.1 Å². The maximum atomic E-state index is 10.9. The maximum Gasteiger partial charge on any atom is 0.352 e. The number of nitrogens with zero attached hydrogens (tertiary/aromatic N) is 3. The number of nitrogens with one attached hydrogen (secondary N) is 2. The predicted octanol–water partition coefficient (Wildman–Crippen LogP) is -1.32. The number of nitrogens with two attached hydrogens (primary N) is 1. The third-order valence-corrected chi connectivity index (χ3v) is 3.23. The fourth-order valence-corrected chi connectivity index (χ4v) is 2.16. The van der Waals surface area contributed by atoms with Crippen molar-refractivity contribution in [1.29, 1.82) is 0 Å². The molecule has 9 heteroatoms. The average Bonchev–Trinajstić information content (AvgIpc) is 2.44. The molecule has 110 valence electrons. The molecule has 0 bridgehead atoms. The monoisotopic (exact) mass is 283 g/mol. The molecule has 0 amide bonds. The van der Waals surface area contributed by atoms with E-state index in [-0.39, 0.29) is 17.3 Å². The number of nitro groups is 1. The Balaban J connectivity index is 1.82. The predicted molar refractivity (Wildman–Crippen MR) is 72.6 cm³/mol. The van der Waals surface area contributed by atoms with Gasteiger partial charge in [0.15, 0.2) is 0 Å². The second kappa shape index (κ2) is 6.96. The van der Waals surface area contributed by atoms with Crippen molar-refractivity contribution in [3.63, 3.8) is 0 Å². The van der Waals surface area contributed by atoms with Gasteiger partial charge in [0, 0.05) is 13.0 Å². The second-order valence-corrected chi connectivity index (χ2v) is 4.61. The van der Waals surface area contributed by atoms with E-state index in [1.54, 1.807) is 0 Å². The molecule has 0 atom stereocenters. The minimum atomic E-state index is -0.565. The van der Waals surface area contributed by atoms with E-state index in [1.807, 2.05) is 0 Å². The van der Waals surface area contributed by atoms with Crippen LogP contribution in [0.4, 0.5) is 17.3 Å². The minimum Gasteiger partial charge on any atom is -0.378 e. The third kappa shape index (κ3) is 3.75. The molecule has 0 radical (unpaired) electrons. The molecule has 0 saturated carbocycles. The van der Waals surface area contributed by atoms with E-state index < -0.39 is 4.92 Å². The lowest BCUT2D eigenvalue weighted by atomic mass is 10.3. The molecular weight excluding hydrogens is 264 g/mol. The topological polar surface area (TPSA) is 121 Å². The van der Waals surface area contributed by atoms with Gasteiger partial charge in [-0.3, -0.25) is 10.1 Å². The molecule has 1 aliphatic heterocycles. The lowest BCUT2D eigenvalue weighted by molar-refractivity contribution is -0.908. The Morgan fingerprint density at radius 3 is 2.90 bits per heavy atom. The zero-order valence-corrected chi connectivity index (χ0v) is 11.2. The molecule has 20 heavy (non-hydrogen) atoms. The van der Waals surface area contributed by atoms with Gasteiger partial charge in [0.2, 0.25) is 11.6 Å². The first-order valence-electron chi connectivity index (χ1n) is 6.58. The zero-order chi connectivity index (χ0) is 14.4. The summed E-state index contributed by atoms with van der Waals surface area (Å²) in [4.78, 5) is 19.3. The summed E-state index contributed by atoms with van der Waals surface area (Å²) in [6, 6.07) is 0. The van der Waals surface area contributed by atoms with Gasteiger partial charge in [-0.15, -0.1) is 0 Å². The van der Waals surface area contributed by atoms with Crippen molar-refractivity contribution in [2.45, 2.75) is 6.42 Å². The Bertz CT molecular complexity index is 463. The number of hydrogen-bond acceptors (Lipinski definition) is 7. The van der Waals surface area contributed by atoms with Gasteiger partial charge in [-0.2, -0.15) is 0 Å². The molecule has 4 N–H and O–H groups in total. The Morgan fingerprint density at radius 1 is 1.45 bits per heavy atom. The fraction of sp³-hybridized carbons (Fsp3) is 0.636. The standard InChI is InChI=1S/C11H18N6O3/c12-10-9(17(18)19)11(15-8-14-10)13-2-1-3-16-4-6-20-7-5-16/h8H,1-7H2,(H3,12,13,14,15)/p+1. The molecule has 1 aromatic heterocycles. The van der Waals surface area contributed by atoms with Crippen LogP contribution in [0.15, 0.2) is 6.33 Å². The maximum absolute atomic E-state index is 10.9. The fourth-order valence-electron chi connectivity index (χ4n) is 2.16. The molecule has 1 aromatic rings. The average molecular weight is 283 g/mol. The van der Waals surface area contributed by atoms with Crippen LogP contribution >= 0.6 is 0 Å². The van der Waals surface area contributed by atoms with Gasteiger partial charge in [0.25, 0.3) is 0 Å². The lowest BCUT2D eigenvalue weighted by Gasteiger charge is -2.23. The van der Waals surface area contributed by atoms with Crippen LogP contribution in [0.2, 0.25) is 0 Å². The van der Waals surface area contributed by atoms with Crippen LogP contribution in [0.3, 0.4) is 0 Å². The highest BCUT2D eigenvalue weighted by atomic mass is 16.6. The van der Waals surface area contributed by atoms with Crippen LogP contribution in [0.25, 0.3) is 0 Å². The Morgan fingerprint density at radius 2 is 2.20 bits per heavy atom. The van der Waals surface area contributed by atoms with Crippen molar-refractivity contribution < 1.29 is 14.6 Å². The van der Waals surface area contributed by atoms with E-state index in [1.165, 1.54) is 11.2 Å². The third-order valence-electron chi connectivity index (χ3n) is 3.23. The van der Waals surface area contributed by atoms with Gasteiger partial charge in [-0.25, -0.2) is 9.97 Å². The van der Waals surface area contributed by atoms with Gasteiger partial charge in [-0.1, -0.05) is 0 Å². The first-order chi connectivity index (χ1) is 9.68. The number of quaternary nitrogens is 1. The summed E-state index contributed by atoms with van der Waals surface area (Å²) in [5.41, 5.74) is 5.23. The quantitative estimate of drug-likeness (QED) is 0.336. The highest BCUT2D eigenvalue weighted by Crippen LogP contribution is 2.25. The van der Waals surface area contributed by atoms with Crippen LogP contribution in [0.5, 0.6) is 0 Å². The van der Waals surface area contributed by atoms with Crippen LogP contribution in [0, 0.1) is 10.1 Å². The lowest BCUT2D eigenvalue weighted by Crippen LogP contribution is -3.14. The Labute approximate surface area is 116 Å². The normalized spacial score (nSPS) is 16.0. The molecule has 0 aromatic carbocycles. The summed E-state index contributed by atoms with van der Waals surface area (Å²) in [5.74, 6) is 0.0609. The van der Waals surface area contributed by atoms with Gasteiger partial charge in [-0.05, 0) is 0 Å². The first-order valence-corrected chi connectivity index (χ1v) is 6.58. The van der Waals surface area contributed by atoms with Crippen molar-refractivity contribution >= 4 is 17.3 Å². The number of morpholine rings is 1. The van der Waals surface area contributed by atoms with Crippen molar-refractivity contribution in [3.8, 4) is 0 Å². The minimum absolute atomic E-state index is 0.119. The number of rotatable bonds is 6. The van der Waals surface area contributed by atoms with E-state index in [2.05, 4.69) is 15.3 Å².